The summed E-state index contributed by atoms with van der Waals surface area (Å²) in [5.74, 6) is 0.450. The van der Waals surface area contributed by atoms with Crippen LogP contribution in [0.15, 0.2) is 77.9 Å². The molecule has 0 spiro atoms. The second kappa shape index (κ2) is 12.7. The molecule has 1 aliphatic heterocycles. The molecule has 44 heavy (non-hydrogen) atoms. The minimum Gasteiger partial charge on any atom is -0.370 e. The minimum absolute atomic E-state index is 0.0201. The predicted octanol–water partition coefficient (Wildman–Crippen LogP) is 6.58. The summed E-state index contributed by atoms with van der Waals surface area (Å²) in [5.41, 5.74) is 6.61. The zero-order chi connectivity index (χ0) is 31.6. The van der Waals surface area contributed by atoms with Gasteiger partial charge in [-0.3, -0.25) is 9.59 Å². The van der Waals surface area contributed by atoms with E-state index in [0.29, 0.717) is 23.1 Å². The van der Waals surface area contributed by atoms with Crippen molar-refractivity contribution in [3.8, 4) is 11.1 Å². The van der Waals surface area contributed by atoms with E-state index in [1.807, 2.05) is 73.9 Å². The molecule has 1 fully saturated rings. The van der Waals surface area contributed by atoms with Crippen molar-refractivity contribution >= 4 is 28.8 Å². The third kappa shape index (κ3) is 6.86. The molecular formula is C36H44N6O2. The number of aromatic nitrogens is 2. The van der Waals surface area contributed by atoms with Gasteiger partial charge >= 0.3 is 0 Å². The third-order valence-corrected chi connectivity index (χ3v) is 8.66. The van der Waals surface area contributed by atoms with Gasteiger partial charge in [-0.1, -0.05) is 45.0 Å². The fourth-order valence-electron chi connectivity index (χ4n) is 5.77. The first-order chi connectivity index (χ1) is 20.9. The second-order valence-electron chi connectivity index (χ2n) is 13.0. The Labute approximate surface area is 260 Å². The molecule has 8 nitrogen and oxygen atoms in total. The third-order valence-electron chi connectivity index (χ3n) is 8.66. The van der Waals surface area contributed by atoms with E-state index in [2.05, 4.69) is 66.4 Å². The van der Waals surface area contributed by atoms with Crippen LogP contribution in [0.1, 0.15) is 55.1 Å². The molecule has 230 valence electrons. The van der Waals surface area contributed by atoms with Crippen molar-refractivity contribution < 1.29 is 4.79 Å². The summed E-state index contributed by atoms with van der Waals surface area (Å²) < 4.78 is 1.57. The summed E-state index contributed by atoms with van der Waals surface area (Å²) in [6.07, 6.45) is 5.95. The van der Waals surface area contributed by atoms with Gasteiger partial charge in [0.05, 0.1) is 11.9 Å². The topological polar surface area (TPSA) is 82.5 Å². The maximum Gasteiger partial charge on any atom is 0.274 e. The Morgan fingerprint density at radius 1 is 0.977 bits per heavy atom. The summed E-state index contributed by atoms with van der Waals surface area (Å²) in [6, 6.07) is 20.0. The summed E-state index contributed by atoms with van der Waals surface area (Å²) in [4.78, 5) is 35.5. The maximum atomic E-state index is 13.1. The van der Waals surface area contributed by atoms with Crippen LogP contribution < -0.4 is 21.1 Å². The van der Waals surface area contributed by atoms with Gasteiger partial charge in [0.1, 0.15) is 11.5 Å². The van der Waals surface area contributed by atoms with Crippen LogP contribution in [0, 0.1) is 6.92 Å². The molecule has 5 rings (SSSR count). The van der Waals surface area contributed by atoms with Gasteiger partial charge in [0.2, 0.25) is 0 Å². The number of nitrogens with zero attached hydrogens (tertiary/aromatic N) is 4. The lowest BCUT2D eigenvalue weighted by molar-refractivity contribution is 0.102. The van der Waals surface area contributed by atoms with Crippen molar-refractivity contribution in [1.29, 1.82) is 0 Å². The number of carbonyl (C=O) groups is 1. The van der Waals surface area contributed by atoms with Crippen LogP contribution in [0.5, 0.6) is 0 Å². The molecule has 3 heterocycles. The second-order valence-corrected chi connectivity index (χ2v) is 13.0. The van der Waals surface area contributed by atoms with Gasteiger partial charge in [-0.05, 0) is 92.4 Å². The Morgan fingerprint density at radius 3 is 2.30 bits per heavy atom. The highest BCUT2D eigenvalue weighted by atomic mass is 16.1. The normalized spacial score (nSPS) is 14.1. The lowest BCUT2D eigenvalue weighted by atomic mass is 9.86. The summed E-state index contributed by atoms with van der Waals surface area (Å²) in [6.45, 7) is 10.4. The highest BCUT2D eigenvalue weighted by molar-refractivity contribution is 6.05. The van der Waals surface area contributed by atoms with E-state index in [4.69, 9.17) is 0 Å². The highest BCUT2D eigenvalue weighted by Crippen LogP contribution is 2.31. The molecule has 2 N–H and O–H groups in total. The predicted molar refractivity (Wildman–Crippen MR) is 181 cm³/mol. The largest absolute Gasteiger partial charge is 0.370 e. The lowest BCUT2D eigenvalue weighted by Gasteiger charge is -2.36. The molecule has 8 heteroatoms. The number of hydrogen-bond donors (Lipinski definition) is 2. The van der Waals surface area contributed by atoms with E-state index < -0.39 is 0 Å². The van der Waals surface area contributed by atoms with Crippen LogP contribution in [0.2, 0.25) is 0 Å². The highest BCUT2D eigenvalue weighted by Gasteiger charge is 2.21. The van der Waals surface area contributed by atoms with E-state index >= 15 is 0 Å². The molecule has 4 aromatic rings. The van der Waals surface area contributed by atoms with Crippen LogP contribution in [0.4, 0.5) is 22.9 Å². The fraction of sp³-hybridized carbons (Fsp3) is 0.361. The van der Waals surface area contributed by atoms with Crippen molar-refractivity contribution in [1.82, 2.24) is 14.5 Å². The summed E-state index contributed by atoms with van der Waals surface area (Å²) >= 11 is 0. The van der Waals surface area contributed by atoms with Crippen molar-refractivity contribution in [3.05, 3.63) is 100 Å². The molecule has 1 aliphatic rings. The number of nitrogens with one attached hydrogen (secondary N) is 2. The van der Waals surface area contributed by atoms with Gasteiger partial charge < -0.3 is 25.0 Å². The molecule has 1 saturated heterocycles. The number of carbonyl (C=O) groups excluding carboxylic acids is 1. The molecule has 1 amide bonds. The standard InChI is InChI=1S/C36H44N6O2/c1-24-30(9-8-10-31(24)39-34(43)25-11-13-27(14-12-25)36(2,3)4)26-21-32(35(44)41(7)23-26)38-33-16-15-29(22-37-33)42-19-17-28(18-20-42)40(5)6/h8-16,21-23,28H,17-20H2,1-7H3,(H,37,38)(H,39,43). The zero-order valence-corrected chi connectivity index (χ0v) is 26.9. The van der Waals surface area contributed by atoms with Crippen LogP contribution in [-0.4, -0.2) is 53.6 Å². The number of piperidine rings is 1. The quantitative estimate of drug-likeness (QED) is 0.252. The Balaban J connectivity index is 1.33. The van der Waals surface area contributed by atoms with Gasteiger partial charge in [0.25, 0.3) is 11.5 Å². The van der Waals surface area contributed by atoms with Gasteiger partial charge in [0, 0.05) is 49.2 Å². The number of amides is 1. The molecule has 0 atom stereocenters. The van der Waals surface area contributed by atoms with Gasteiger partial charge in [-0.2, -0.15) is 0 Å². The Hall–Kier alpha value is -4.43. The van der Waals surface area contributed by atoms with E-state index in [1.54, 1.807) is 11.6 Å². The van der Waals surface area contributed by atoms with E-state index in [0.717, 1.165) is 54.0 Å². The van der Waals surface area contributed by atoms with Crippen LogP contribution in [0.3, 0.4) is 0 Å². The Morgan fingerprint density at radius 2 is 1.68 bits per heavy atom. The maximum absolute atomic E-state index is 13.1. The monoisotopic (exact) mass is 592 g/mol. The van der Waals surface area contributed by atoms with Crippen LogP contribution >= 0.6 is 0 Å². The number of anilines is 4. The first-order valence-electron chi connectivity index (χ1n) is 15.3. The first kappa shape index (κ1) is 31.0. The Bertz CT molecular complexity index is 1680. The van der Waals surface area contributed by atoms with Crippen molar-refractivity contribution in [2.45, 2.75) is 52.0 Å². The molecule has 2 aromatic carbocycles. The average Bonchev–Trinajstić information content (AvgIpc) is 3.00. The summed E-state index contributed by atoms with van der Waals surface area (Å²) in [5, 5.41) is 6.31. The van der Waals surface area contributed by atoms with Crippen molar-refractivity contribution in [3.63, 3.8) is 0 Å². The summed E-state index contributed by atoms with van der Waals surface area (Å²) in [7, 11) is 6.03. The molecule has 0 radical (unpaired) electrons. The van der Waals surface area contributed by atoms with E-state index in [1.165, 1.54) is 5.56 Å². The van der Waals surface area contributed by atoms with Crippen molar-refractivity contribution in [2.24, 2.45) is 7.05 Å². The lowest BCUT2D eigenvalue weighted by Crippen LogP contribution is -2.42. The zero-order valence-electron chi connectivity index (χ0n) is 26.9. The van der Waals surface area contributed by atoms with Gasteiger partial charge in [-0.25, -0.2) is 4.98 Å². The number of hydrogen-bond acceptors (Lipinski definition) is 6. The number of benzene rings is 2. The number of pyridine rings is 2. The number of rotatable bonds is 7. The molecule has 0 saturated carbocycles. The minimum atomic E-state index is -0.162. The fourth-order valence-corrected chi connectivity index (χ4v) is 5.77. The average molecular weight is 593 g/mol. The first-order valence-corrected chi connectivity index (χ1v) is 15.3. The van der Waals surface area contributed by atoms with E-state index in [9.17, 15) is 9.59 Å². The smallest absolute Gasteiger partial charge is 0.274 e. The van der Waals surface area contributed by atoms with Crippen LogP contribution in [0.25, 0.3) is 11.1 Å². The molecule has 0 bridgehead atoms. The molecule has 0 aliphatic carbocycles. The Kier molecular flexibility index (Phi) is 8.92. The molecule has 2 aromatic heterocycles. The van der Waals surface area contributed by atoms with Crippen molar-refractivity contribution in [2.75, 3.05) is 42.7 Å². The van der Waals surface area contributed by atoms with Gasteiger partial charge in [0.15, 0.2) is 0 Å². The van der Waals surface area contributed by atoms with Crippen LogP contribution in [-0.2, 0) is 12.5 Å². The molecular weight excluding hydrogens is 548 g/mol. The number of aryl methyl sites for hydroxylation is 1. The van der Waals surface area contributed by atoms with E-state index in [-0.39, 0.29) is 16.9 Å². The molecule has 0 unspecified atom stereocenters. The van der Waals surface area contributed by atoms with Gasteiger partial charge in [-0.15, -0.1) is 0 Å². The SMILES string of the molecule is Cc1c(NC(=O)c2ccc(C(C)(C)C)cc2)cccc1-c1cc(Nc2ccc(N3CCC(N(C)C)CC3)cn2)c(=O)n(C)c1.